The molecule has 5 aromatic rings. The largest absolute Gasteiger partial charge is 0.504 e. The molecule has 6 rings (SSSR count). The molecule has 2 aromatic carbocycles. The van der Waals surface area contributed by atoms with Gasteiger partial charge in [-0.25, -0.2) is 13.9 Å². The van der Waals surface area contributed by atoms with Gasteiger partial charge in [0, 0.05) is 28.7 Å². The average Bonchev–Trinajstić information content (AvgIpc) is 3.80. The summed E-state index contributed by atoms with van der Waals surface area (Å²) in [5.41, 5.74) is -2.43. The number of phenolic OH excluding ortho intramolecular Hbond substituents is 2. The predicted molar refractivity (Wildman–Crippen MR) is 169 cm³/mol. The molecule has 0 spiro atoms. The SMILES string of the molecule is COc1cc(C(=O)NC[C@@](O)(c2ccccc2)c2cc(C(C)(C)O)c(F)c(-c3ccc(O)c(O)c3Cl)n2)cc2cc(C3CC3)nn12. The number of pyridine rings is 2. The molecule has 5 N–H and O–H groups in total. The standard InChI is InChI=1S/C34H32ClFN4O6/c1-33(2,44)23-16-26(38-30(29(23)36)22-11-12-25(41)31(42)28(22)35)34(45,20-7-5-4-6-8-20)17-37-32(43)19-13-21-15-24(18-9-10-18)39-40(21)27(14-19)46-3/h4-8,11-16,18,41-42,44-45H,9-10,17H2,1-3H3,(H,37,43)/t34-/m1/s1. The third-order valence-corrected chi connectivity index (χ3v) is 8.54. The number of benzene rings is 2. The number of aromatic hydroxyl groups is 2. The Hall–Kier alpha value is -4.71. The van der Waals surface area contributed by atoms with Crippen LogP contribution in [0.4, 0.5) is 4.39 Å². The molecule has 46 heavy (non-hydrogen) atoms. The molecular weight excluding hydrogens is 615 g/mol. The topological polar surface area (TPSA) is 149 Å². The first-order chi connectivity index (χ1) is 21.8. The molecule has 0 radical (unpaired) electrons. The minimum atomic E-state index is -2.05. The van der Waals surface area contributed by atoms with Crippen molar-refractivity contribution in [3.05, 3.63) is 106 Å². The summed E-state index contributed by atoms with van der Waals surface area (Å²) in [7, 11) is 1.49. The molecule has 3 aromatic heterocycles. The summed E-state index contributed by atoms with van der Waals surface area (Å²) in [6.45, 7) is 2.33. The fourth-order valence-corrected chi connectivity index (χ4v) is 5.66. The van der Waals surface area contributed by atoms with Gasteiger partial charge in [-0.05, 0) is 62.6 Å². The summed E-state index contributed by atoms with van der Waals surface area (Å²) < 4.78 is 23.2. The highest BCUT2D eigenvalue weighted by molar-refractivity contribution is 6.35. The van der Waals surface area contributed by atoms with Crippen molar-refractivity contribution in [3.63, 3.8) is 0 Å². The minimum Gasteiger partial charge on any atom is -0.504 e. The van der Waals surface area contributed by atoms with E-state index in [4.69, 9.17) is 16.3 Å². The van der Waals surface area contributed by atoms with E-state index >= 15 is 4.39 Å². The number of carbonyl (C=O) groups excluding carboxylic acids is 1. The number of amides is 1. The van der Waals surface area contributed by atoms with Crippen LogP contribution in [0.1, 0.15) is 65.5 Å². The van der Waals surface area contributed by atoms with Gasteiger partial charge in [-0.2, -0.15) is 5.10 Å². The van der Waals surface area contributed by atoms with E-state index in [1.165, 1.54) is 33.1 Å². The zero-order valence-electron chi connectivity index (χ0n) is 25.3. The number of hydrogen-bond donors (Lipinski definition) is 5. The third kappa shape index (κ3) is 5.61. The first-order valence-corrected chi connectivity index (χ1v) is 15.0. The number of ether oxygens (including phenoxy) is 1. The first-order valence-electron chi connectivity index (χ1n) is 14.6. The van der Waals surface area contributed by atoms with E-state index in [2.05, 4.69) is 15.4 Å². The van der Waals surface area contributed by atoms with Crippen molar-refractivity contribution >= 4 is 23.0 Å². The molecule has 0 bridgehead atoms. The van der Waals surface area contributed by atoms with Crippen LogP contribution in [0, 0.1) is 5.82 Å². The van der Waals surface area contributed by atoms with Gasteiger partial charge in [-0.3, -0.25) is 4.79 Å². The van der Waals surface area contributed by atoms with Crippen LogP contribution in [-0.2, 0) is 11.2 Å². The van der Waals surface area contributed by atoms with Crippen molar-refractivity contribution in [2.24, 2.45) is 0 Å². The van der Waals surface area contributed by atoms with Crippen LogP contribution in [0.5, 0.6) is 17.4 Å². The lowest BCUT2D eigenvalue weighted by Crippen LogP contribution is -2.42. The van der Waals surface area contributed by atoms with Crippen LogP contribution >= 0.6 is 11.6 Å². The van der Waals surface area contributed by atoms with E-state index in [0.717, 1.165) is 24.6 Å². The fraction of sp³-hybridized carbons (Fsp3) is 0.265. The fourth-order valence-electron chi connectivity index (χ4n) is 5.41. The van der Waals surface area contributed by atoms with Gasteiger partial charge in [0.1, 0.15) is 11.3 Å². The number of rotatable bonds is 9. The summed E-state index contributed by atoms with van der Waals surface area (Å²) >= 11 is 6.30. The highest BCUT2D eigenvalue weighted by Crippen LogP contribution is 2.43. The van der Waals surface area contributed by atoms with E-state index in [1.54, 1.807) is 47.0 Å². The molecule has 1 aliphatic carbocycles. The second kappa shape index (κ2) is 11.6. The molecular formula is C34H32ClFN4O6. The van der Waals surface area contributed by atoms with Crippen molar-refractivity contribution in [3.8, 4) is 28.6 Å². The molecule has 1 aliphatic rings. The summed E-state index contributed by atoms with van der Waals surface area (Å²) in [5.74, 6) is -1.93. The second-order valence-corrected chi connectivity index (χ2v) is 12.3. The van der Waals surface area contributed by atoms with Gasteiger partial charge >= 0.3 is 0 Å². The lowest BCUT2D eigenvalue weighted by molar-refractivity contribution is 0.0625. The molecule has 3 heterocycles. The number of nitrogens with zero attached hydrogens (tertiary/aromatic N) is 3. The number of halogens is 2. The summed E-state index contributed by atoms with van der Waals surface area (Å²) in [5, 5.41) is 50.5. The van der Waals surface area contributed by atoms with Gasteiger partial charge < -0.3 is 30.5 Å². The number of aromatic nitrogens is 3. The van der Waals surface area contributed by atoms with Crippen LogP contribution in [0.25, 0.3) is 16.8 Å². The molecule has 1 saturated carbocycles. The Kier molecular flexibility index (Phi) is 7.87. The van der Waals surface area contributed by atoms with Gasteiger partial charge in [0.15, 0.2) is 17.3 Å². The van der Waals surface area contributed by atoms with E-state index in [1.807, 2.05) is 6.07 Å². The number of nitrogens with one attached hydrogen (secondary N) is 1. The molecule has 0 aliphatic heterocycles. The summed E-state index contributed by atoms with van der Waals surface area (Å²) in [6.07, 6.45) is 2.12. The Balaban J connectivity index is 1.44. The molecule has 0 unspecified atom stereocenters. The lowest BCUT2D eigenvalue weighted by Gasteiger charge is -2.31. The number of methoxy groups -OCH3 is 1. The van der Waals surface area contributed by atoms with Gasteiger partial charge in [0.25, 0.3) is 5.91 Å². The molecule has 0 saturated heterocycles. The van der Waals surface area contributed by atoms with E-state index in [9.17, 15) is 25.2 Å². The van der Waals surface area contributed by atoms with Crippen LogP contribution in [0.15, 0.2) is 66.7 Å². The van der Waals surface area contributed by atoms with E-state index in [-0.39, 0.29) is 27.4 Å². The highest BCUT2D eigenvalue weighted by Gasteiger charge is 2.38. The predicted octanol–water partition coefficient (Wildman–Crippen LogP) is 5.38. The van der Waals surface area contributed by atoms with Gasteiger partial charge in [-0.15, -0.1) is 0 Å². The van der Waals surface area contributed by atoms with Crippen LogP contribution in [-0.4, -0.2) is 54.6 Å². The van der Waals surface area contributed by atoms with Crippen molar-refractivity contribution in [2.45, 2.75) is 43.8 Å². The monoisotopic (exact) mass is 646 g/mol. The maximum Gasteiger partial charge on any atom is 0.251 e. The Morgan fingerprint density at radius 1 is 1.09 bits per heavy atom. The molecule has 12 heteroatoms. The maximum absolute atomic E-state index is 16.0. The smallest absolute Gasteiger partial charge is 0.251 e. The highest BCUT2D eigenvalue weighted by atomic mass is 35.5. The number of phenols is 2. The molecule has 1 amide bonds. The zero-order chi connectivity index (χ0) is 33.0. The number of hydrogen-bond acceptors (Lipinski definition) is 8. The Morgan fingerprint density at radius 3 is 2.46 bits per heavy atom. The Labute approximate surface area is 268 Å². The van der Waals surface area contributed by atoms with Crippen molar-refractivity contribution in [2.75, 3.05) is 13.7 Å². The van der Waals surface area contributed by atoms with E-state index < -0.39 is 46.7 Å². The van der Waals surface area contributed by atoms with Gasteiger partial charge in [-0.1, -0.05) is 41.9 Å². The first kappa shape index (κ1) is 31.3. The normalized spacial score (nSPS) is 14.7. The van der Waals surface area contributed by atoms with Crippen LogP contribution in [0.2, 0.25) is 5.02 Å². The van der Waals surface area contributed by atoms with Gasteiger partial charge in [0.2, 0.25) is 5.88 Å². The van der Waals surface area contributed by atoms with Crippen LogP contribution in [0.3, 0.4) is 0 Å². The van der Waals surface area contributed by atoms with Crippen molar-refractivity contribution in [1.29, 1.82) is 0 Å². The number of carbonyl (C=O) groups is 1. The Bertz CT molecular complexity index is 1970. The number of aliphatic hydroxyl groups is 2. The molecule has 1 atom stereocenters. The summed E-state index contributed by atoms with van der Waals surface area (Å²) in [6, 6.07) is 17.1. The van der Waals surface area contributed by atoms with E-state index in [0.29, 0.717) is 22.9 Å². The lowest BCUT2D eigenvalue weighted by atomic mass is 9.86. The molecule has 1 fully saturated rings. The average molecular weight is 647 g/mol. The third-order valence-electron chi connectivity index (χ3n) is 8.16. The molecule has 10 nitrogen and oxygen atoms in total. The second-order valence-electron chi connectivity index (χ2n) is 11.9. The molecule has 238 valence electrons. The minimum absolute atomic E-state index is 0.0898. The van der Waals surface area contributed by atoms with Crippen LogP contribution < -0.4 is 10.1 Å². The van der Waals surface area contributed by atoms with Gasteiger partial charge in [0.05, 0.1) is 41.2 Å². The Morgan fingerprint density at radius 2 is 1.80 bits per heavy atom. The number of fused-ring (bicyclic) bond motifs is 1. The summed E-state index contributed by atoms with van der Waals surface area (Å²) in [4.78, 5) is 18.0. The maximum atomic E-state index is 16.0. The van der Waals surface area contributed by atoms with Crippen molar-refractivity contribution < 1.29 is 34.3 Å². The zero-order valence-corrected chi connectivity index (χ0v) is 26.0. The van der Waals surface area contributed by atoms with Crippen molar-refractivity contribution in [1.82, 2.24) is 19.9 Å². The quantitative estimate of drug-likeness (QED) is 0.134.